The predicted molar refractivity (Wildman–Crippen MR) is 154 cm³/mol. The second-order valence-corrected chi connectivity index (χ2v) is 11.1. The summed E-state index contributed by atoms with van der Waals surface area (Å²) < 4.78 is 59.3. The van der Waals surface area contributed by atoms with E-state index in [1.807, 2.05) is 6.92 Å². The third kappa shape index (κ3) is 6.58. The average molecular weight is 600 g/mol. The fourth-order valence-corrected chi connectivity index (χ4v) is 5.14. The van der Waals surface area contributed by atoms with Gasteiger partial charge in [-0.1, -0.05) is 12.1 Å². The van der Waals surface area contributed by atoms with E-state index < -0.39 is 21.4 Å². The first-order valence-electron chi connectivity index (χ1n) is 12.8. The number of nitrogens with zero attached hydrogens (tertiary/aromatic N) is 6. The molecule has 3 heterocycles. The second-order valence-electron chi connectivity index (χ2n) is 9.01. The van der Waals surface area contributed by atoms with Gasteiger partial charge in [-0.2, -0.15) is 0 Å². The summed E-state index contributed by atoms with van der Waals surface area (Å²) in [5.74, 6) is 1.37. The van der Waals surface area contributed by atoms with Crippen molar-refractivity contribution in [1.82, 2.24) is 29.7 Å². The van der Waals surface area contributed by atoms with Crippen LogP contribution in [0.25, 0.3) is 17.2 Å². The second kappa shape index (κ2) is 13.5. The lowest BCUT2D eigenvalue weighted by Gasteiger charge is -2.24. The average Bonchev–Trinajstić information content (AvgIpc) is 3.41. The Labute approximate surface area is 244 Å². The first kappa shape index (κ1) is 30.6. The minimum atomic E-state index is -4.21. The Bertz CT molecular complexity index is 1570. The Balaban J connectivity index is 1.83. The molecule has 0 radical (unpaired) electrons. The third-order valence-electron chi connectivity index (χ3n) is 6.24. The minimum absolute atomic E-state index is 0.124. The van der Waals surface area contributed by atoms with Crippen LogP contribution in [0.1, 0.15) is 24.4 Å². The van der Waals surface area contributed by atoms with Crippen molar-refractivity contribution < 1.29 is 32.1 Å². The molecule has 14 nitrogen and oxygen atoms in total. The highest BCUT2D eigenvalue weighted by molar-refractivity contribution is 7.93. The molecule has 3 aromatic heterocycles. The first-order valence-corrected chi connectivity index (χ1v) is 14.4. The highest BCUT2D eigenvalue weighted by Gasteiger charge is 2.35. The number of pyridine rings is 1. The number of aromatic nitrogens is 6. The third-order valence-corrected chi connectivity index (χ3v) is 7.93. The van der Waals surface area contributed by atoms with Crippen molar-refractivity contribution in [2.75, 3.05) is 46.4 Å². The van der Waals surface area contributed by atoms with Crippen LogP contribution in [0.15, 0.2) is 48.8 Å². The standard InChI is InChI=1S/C27H33N7O7S/c1-17-15-28-25(29-16-17)24(41-14-13-37-3)18(2)42(35,36)33-27-32-31-26(19-9-7-12-22(30-19)40-6)34(27)23-20(38-4)10-8-11-21(23)39-5/h7-12,15-16,18,24H,13-14H2,1-6H3,(H,32,33). The molecule has 0 aliphatic carbocycles. The number of sulfonamides is 1. The minimum Gasteiger partial charge on any atom is -0.494 e. The number of methoxy groups -OCH3 is 4. The van der Waals surface area contributed by atoms with E-state index in [2.05, 4.69) is 29.9 Å². The van der Waals surface area contributed by atoms with Crippen LogP contribution in [0.2, 0.25) is 0 Å². The van der Waals surface area contributed by atoms with Crippen molar-refractivity contribution >= 4 is 16.0 Å². The van der Waals surface area contributed by atoms with Gasteiger partial charge in [-0.05, 0) is 37.6 Å². The summed E-state index contributed by atoms with van der Waals surface area (Å²) in [7, 11) is 1.78. The molecule has 224 valence electrons. The van der Waals surface area contributed by atoms with E-state index in [1.165, 1.54) is 39.9 Å². The molecular formula is C27H33N7O7S. The van der Waals surface area contributed by atoms with Gasteiger partial charge >= 0.3 is 0 Å². The maximum atomic E-state index is 13.9. The van der Waals surface area contributed by atoms with E-state index in [4.69, 9.17) is 23.7 Å². The van der Waals surface area contributed by atoms with E-state index in [9.17, 15) is 8.42 Å². The zero-order chi connectivity index (χ0) is 30.3. The number of ether oxygens (including phenoxy) is 5. The van der Waals surface area contributed by atoms with Gasteiger partial charge in [0.05, 0.1) is 34.5 Å². The van der Waals surface area contributed by atoms with Crippen LogP contribution in [0.5, 0.6) is 17.4 Å². The molecule has 1 aromatic carbocycles. The van der Waals surface area contributed by atoms with Crippen LogP contribution in [-0.2, 0) is 19.5 Å². The topological polar surface area (TPSA) is 162 Å². The molecule has 15 heteroatoms. The van der Waals surface area contributed by atoms with E-state index in [1.54, 1.807) is 48.8 Å². The van der Waals surface area contributed by atoms with Gasteiger partial charge in [-0.3, -0.25) is 9.29 Å². The number of rotatable bonds is 14. The Morgan fingerprint density at radius 2 is 1.57 bits per heavy atom. The van der Waals surface area contributed by atoms with Gasteiger partial charge < -0.3 is 23.7 Å². The Morgan fingerprint density at radius 3 is 2.19 bits per heavy atom. The molecule has 2 atom stereocenters. The number of hydrogen-bond acceptors (Lipinski definition) is 12. The van der Waals surface area contributed by atoms with Crippen LogP contribution < -0.4 is 18.9 Å². The molecular weight excluding hydrogens is 566 g/mol. The van der Waals surface area contributed by atoms with Gasteiger partial charge in [0.25, 0.3) is 0 Å². The zero-order valence-electron chi connectivity index (χ0n) is 24.1. The van der Waals surface area contributed by atoms with Crippen LogP contribution in [0.3, 0.4) is 0 Å². The van der Waals surface area contributed by atoms with Crippen LogP contribution in [0.4, 0.5) is 5.95 Å². The lowest BCUT2D eigenvalue weighted by Crippen LogP contribution is -2.34. The van der Waals surface area contributed by atoms with E-state index in [-0.39, 0.29) is 30.8 Å². The van der Waals surface area contributed by atoms with Gasteiger partial charge in [0, 0.05) is 25.6 Å². The molecule has 0 amide bonds. The molecule has 42 heavy (non-hydrogen) atoms. The molecule has 0 aliphatic heterocycles. The Kier molecular flexibility index (Phi) is 9.88. The summed E-state index contributed by atoms with van der Waals surface area (Å²) in [6, 6.07) is 10.3. The molecule has 0 saturated carbocycles. The largest absolute Gasteiger partial charge is 0.494 e. The summed E-state index contributed by atoms with van der Waals surface area (Å²) in [6.45, 7) is 3.71. The van der Waals surface area contributed by atoms with Crippen molar-refractivity contribution in [1.29, 1.82) is 0 Å². The first-order chi connectivity index (χ1) is 20.2. The van der Waals surface area contributed by atoms with Crippen molar-refractivity contribution in [2.45, 2.75) is 25.2 Å². The van der Waals surface area contributed by atoms with Gasteiger partial charge in [-0.25, -0.2) is 23.4 Å². The van der Waals surface area contributed by atoms with Crippen molar-refractivity contribution in [3.05, 3.63) is 60.2 Å². The SMILES string of the molecule is COCCOC(c1ncc(C)cn1)C(C)S(=O)(=O)Nc1nnc(-c2cccc(OC)n2)n1-c1c(OC)cccc1OC. The Hall–Kier alpha value is -4.34. The van der Waals surface area contributed by atoms with Crippen molar-refractivity contribution in [2.24, 2.45) is 0 Å². The number of para-hydroxylation sites is 1. The smallest absolute Gasteiger partial charge is 0.243 e. The Morgan fingerprint density at radius 1 is 0.905 bits per heavy atom. The van der Waals surface area contributed by atoms with Gasteiger partial charge in [0.2, 0.25) is 21.9 Å². The van der Waals surface area contributed by atoms with Crippen LogP contribution >= 0.6 is 0 Å². The van der Waals surface area contributed by atoms with Crippen LogP contribution in [0, 0.1) is 6.92 Å². The summed E-state index contributed by atoms with van der Waals surface area (Å²) in [6.07, 6.45) is 2.18. The molecule has 4 aromatic rings. The molecule has 0 fully saturated rings. The normalized spacial score (nSPS) is 12.9. The van der Waals surface area contributed by atoms with Crippen molar-refractivity contribution in [3.8, 4) is 34.6 Å². The number of hydrogen-bond donors (Lipinski definition) is 1. The van der Waals surface area contributed by atoms with E-state index in [0.717, 1.165) is 5.56 Å². The molecule has 0 bridgehead atoms. The number of nitrogens with one attached hydrogen (secondary N) is 1. The van der Waals surface area contributed by atoms with Crippen LogP contribution in [-0.4, -0.2) is 85.0 Å². The summed E-state index contributed by atoms with van der Waals surface area (Å²) in [5, 5.41) is 7.32. The molecule has 4 rings (SSSR count). The summed E-state index contributed by atoms with van der Waals surface area (Å²) in [5.41, 5.74) is 1.54. The quantitative estimate of drug-likeness (QED) is 0.211. The molecule has 0 saturated heterocycles. The van der Waals surface area contributed by atoms with Gasteiger partial charge in [0.1, 0.15) is 34.2 Å². The molecule has 0 spiro atoms. The predicted octanol–water partition coefficient (Wildman–Crippen LogP) is 2.99. The van der Waals surface area contributed by atoms with Gasteiger partial charge in [-0.15, -0.1) is 10.2 Å². The maximum absolute atomic E-state index is 13.9. The monoisotopic (exact) mass is 599 g/mol. The molecule has 2 unspecified atom stereocenters. The number of anilines is 1. The van der Waals surface area contributed by atoms with E-state index in [0.29, 0.717) is 28.8 Å². The lowest BCUT2D eigenvalue weighted by atomic mass is 10.2. The summed E-state index contributed by atoms with van der Waals surface area (Å²) >= 11 is 0. The zero-order valence-corrected chi connectivity index (χ0v) is 25.0. The summed E-state index contributed by atoms with van der Waals surface area (Å²) in [4.78, 5) is 13.1. The molecule has 0 aliphatic rings. The number of benzene rings is 1. The lowest BCUT2D eigenvalue weighted by molar-refractivity contribution is 0.0119. The van der Waals surface area contributed by atoms with E-state index >= 15 is 0 Å². The highest BCUT2D eigenvalue weighted by Crippen LogP contribution is 2.38. The highest BCUT2D eigenvalue weighted by atomic mass is 32.2. The number of aryl methyl sites for hydroxylation is 1. The van der Waals surface area contributed by atoms with Gasteiger partial charge in [0.15, 0.2) is 11.6 Å². The fourth-order valence-electron chi connectivity index (χ4n) is 4.04. The maximum Gasteiger partial charge on any atom is 0.243 e. The van der Waals surface area contributed by atoms with Crippen molar-refractivity contribution in [3.63, 3.8) is 0 Å². The molecule has 1 N–H and O–H groups in total. The fraction of sp³-hybridized carbons (Fsp3) is 0.370.